The molecule has 3 rings (SSSR count). The topological polar surface area (TPSA) is 68.5 Å². The zero-order valence-electron chi connectivity index (χ0n) is 16.8. The molecule has 1 amide bonds. The molecule has 0 spiro atoms. The summed E-state index contributed by atoms with van der Waals surface area (Å²) in [5, 5.41) is 3.60. The quantitative estimate of drug-likeness (QED) is 0.612. The van der Waals surface area contributed by atoms with Crippen molar-refractivity contribution in [2.75, 3.05) is 6.54 Å². The van der Waals surface area contributed by atoms with E-state index in [0.717, 1.165) is 33.2 Å². The van der Waals surface area contributed by atoms with Crippen molar-refractivity contribution in [2.24, 2.45) is 0 Å². The molecule has 0 fully saturated rings. The minimum absolute atomic E-state index is 0.0305. The maximum absolute atomic E-state index is 12.9. The Hall–Kier alpha value is -3.15. The minimum Gasteiger partial charge on any atom is -0.464 e. The van der Waals surface area contributed by atoms with E-state index in [0.29, 0.717) is 13.0 Å². The Morgan fingerprint density at radius 1 is 1.14 bits per heavy atom. The van der Waals surface area contributed by atoms with Gasteiger partial charge in [-0.15, -0.1) is 0 Å². The Morgan fingerprint density at radius 2 is 1.83 bits per heavy atom. The first-order valence-corrected chi connectivity index (χ1v) is 9.52. The number of carbonyl (C=O) groups excluding carboxylic acids is 2. The zero-order valence-corrected chi connectivity index (χ0v) is 16.8. The summed E-state index contributed by atoms with van der Waals surface area (Å²) < 4.78 is 23.7. The average Bonchev–Trinajstić information content (AvgIpc) is 3.05. The summed E-state index contributed by atoms with van der Waals surface area (Å²) in [6.45, 7) is 5.91. The molecule has 1 aromatic heterocycles. The number of furan rings is 1. The molecule has 2 aromatic carbocycles. The first-order valence-electron chi connectivity index (χ1n) is 9.52. The number of carbonyl (C=O) groups is 2. The molecule has 0 unspecified atom stereocenters. The molecule has 5 nitrogen and oxygen atoms in total. The van der Waals surface area contributed by atoms with Crippen molar-refractivity contribution in [1.29, 1.82) is 0 Å². The number of halogens is 1. The summed E-state index contributed by atoms with van der Waals surface area (Å²) in [6.07, 6.45) is 1.24. The monoisotopic (exact) mass is 397 g/mol. The van der Waals surface area contributed by atoms with E-state index in [-0.39, 0.29) is 18.1 Å². The molecule has 1 atom stereocenters. The number of rotatable bonds is 7. The molecule has 0 aliphatic heterocycles. The van der Waals surface area contributed by atoms with E-state index in [1.54, 1.807) is 18.4 Å². The van der Waals surface area contributed by atoms with Gasteiger partial charge in [-0.05, 0) is 68.1 Å². The molecule has 1 heterocycles. The maximum atomic E-state index is 12.9. The molecule has 0 aliphatic rings. The van der Waals surface area contributed by atoms with Crippen LogP contribution in [0.5, 0.6) is 0 Å². The van der Waals surface area contributed by atoms with Crippen molar-refractivity contribution < 1.29 is 23.1 Å². The highest BCUT2D eigenvalue weighted by Gasteiger charge is 2.19. The summed E-state index contributed by atoms with van der Waals surface area (Å²) in [5.74, 6) is -1.16. The summed E-state index contributed by atoms with van der Waals surface area (Å²) in [6, 6.07) is 10.0. The van der Waals surface area contributed by atoms with Gasteiger partial charge in [0.25, 0.3) is 5.91 Å². The standard InChI is InChI=1S/C23H24FNO4/c1-14-10-20-18(13-28-21(20)11-15(14)2)12-22(26)29-16(3)23(27)25-9-8-17-4-6-19(24)7-5-17/h4-7,10-11,13,16H,8-9,12H2,1-3H3,(H,25,27)/t16-/m0/s1. The van der Waals surface area contributed by atoms with Crippen LogP contribution < -0.4 is 5.32 Å². The van der Waals surface area contributed by atoms with Gasteiger partial charge in [0, 0.05) is 17.5 Å². The number of benzene rings is 2. The van der Waals surface area contributed by atoms with Gasteiger partial charge in [0.2, 0.25) is 0 Å². The maximum Gasteiger partial charge on any atom is 0.311 e. The van der Waals surface area contributed by atoms with Crippen LogP contribution in [0.3, 0.4) is 0 Å². The Balaban J connectivity index is 1.50. The number of ether oxygens (including phenoxy) is 1. The van der Waals surface area contributed by atoms with Crippen LogP contribution in [0.15, 0.2) is 47.1 Å². The number of nitrogens with one attached hydrogen (secondary N) is 1. The molecule has 0 saturated heterocycles. The third-order valence-corrected chi connectivity index (χ3v) is 4.91. The van der Waals surface area contributed by atoms with Crippen molar-refractivity contribution in [3.05, 3.63) is 70.7 Å². The number of hydrogen-bond acceptors (Lipinski definition) is 4. The predicted octanol–water partition coefficient (Wildman–Crippen LogP) is 4.02. The fourth-order valence-corrected chi connectivity index (χ4v) is 3.05. The van der Waals surface area contributed by atoms with Crippen molar-refractivity contribution in [2.45, 2.75) is 39.7 Å². The third-order valence-electron chi connectivity index (χ3n) is 4.91. The summed E-state index contributed by atoms with van der Waals surface area (Å²) >= 11 is 0. The van der Waals surface area contributed by atoms with Crippen LogP contribution in [0.2, 0.25) is 0 Å². The Bertz CT molecular complexity index is 1020. The van der Waals surface area contributed by atoms with E-state index in [2.05, 4.69) is 5.32 Å². The summed E-state index contributed by atoms with van der Waals surface area (Å²) in [5.41, 5.74) is 4.60. The Kier molecular flexibility index (Phi) is 6.32. The van der Waals surface area contributed by atoms with E-state index in [9.17, 15) is 14.0 Å². The zero-order chi connectivity index (χ0) is 21.0. The predicted molar refractivity (Wildman–Crippen MR) is 108 cm³/mol. The van der Waals surface area contributed by atoms with Crippen molar-refractivity contribution in [3.63, 3.8) is 0 Å². The number of fused-ring (bicyclic) bond motifs is 1. The number of aryl methyl sites for hydroxylation is 2. The van der Waals surface area contributed by atoms with Gasteiger partial charge in [0.15, 0.2) is 6.10 Å². The number of amides is 1. The van der Waals surface area contributed by atoms with Gasteiger partial charge >= 0.3 is 5.97 Å². The second kappa shape index (κ2) is 8.90. The Labute approximate surface area is 168 Å². The first kappa shape index (κ1) is 20.6. The van der Waals surface area contributed by atoms with Crippen LogP contribution in [0.25, 0.3) is 11.0 Å². The van der Waals surface area contributed by atoms with Gasteiger partial charge in [-0.2, -0.15) is 0 Å². The van der Waals surface area contributed by atoms with Crippen LogP contribution in [0.1, 0.15) is 29.2 Å². The van der Waals surface area contributed by atoms with Gasteiger partial charge in [-0.1, -0.05) is 12.1 Å². The summed E-state index contributed by atoms with van der Waals surface area (Å²) in [7, 11) is 0. The highest BCUT2D eigenvalue weighted by atomic mass is 19.1. The smallest absolute Gasteiger partial charge is 0.311 e. The highest BCUT2D eigenvalue weighted by Crippen LogP contribution is 2.25. The third kappa shape index (κ3) is 5.22. The molecule has 29 heavy (non-hydrogen) atoms. The summed E-state index contributed by atoms with van der Waals surface area (Å²) in [4.78, 5) is 24.4. The van der Waals surface area contributed by atoms with E-state index >= 15 is 0 Å². The molecule has 0 radical (unpaired) electrons. The van der Waals surface area contributed by atoms with Gasteiger partial charge in [-0.25, -0.2) is 4.39 Å². The van der Waals surface area contributed by atoms with Gasteiger partial charge in [0.05, 0.1) is 12.7 Å². The van der Waals surface area contributed by atoms with E-state index in [1.165, 1.54) is 19.1 Å². The SMILES string of the molecule is Cc1cc2occ(CC(=O)O[C@@H](C)C(=O)NCCc3ccc(F)cc3)c2cc1C. The molecule has 0 saturated carbocycles. The molecular formula is C23H24FNO4. The van der Waals surface area contributed by atoms with Crippen LogP contribution in [0, 0.1) is 19.7 Å². The van der Waals surface area contributed by atoms with Crippen LogP contribution >= 0.6 is 0 Å². The molecule has 6 heteroatoms. The van der Waals surface area contributed by atoms with Crippen LogP contribution in [0.4, 0.5) is 4.39 Å². The van der Waals surface area contributed by atoms with Crippen LogP contribution in [-0.2, 0) is 27.2 Å². The van der Waals surface area contributed by atoms with Crippen molar-refractivity contribution in [3.8, 4) is 0 Å². The highest BCUT2D eigenvalue weighted by molar-refractivity contribution is 5.88. The lowest BCUT2D eigenvalue weighted by molar-refractivity contribution is -0.154. The molecule has 3 aromatic rings. The molecule has 0 bridgehead atoms. The largest absolute Gasteiger partial charge is 0.464 e. The first-order chi connectivity index (χ1) is 13.8. The molecule has 152 valence electrons. The average molecular weight is 397 g/mol. The molecule has 0 aliphatic carbocycles. The fraction of sp³-hybridized carbons (Fsp3) is 0.304. The lowest BCUT2D eigenvalue weighted by Crippen LogP contribution is -2.37. The van der Waals surface area contributed by atoms with Crippen LogP contribution in [-0.4, -0.2) is 24.5 Å². The van der Waals surface area contributed by atoms with E-state index < -0.39 is 12.1 Å². The number of esters is 1. The Morgan fingerprint density at radius 3 is 2.55 bits per heavy atom. The normalized spacial score (nSPS) is 12.0. The van der Waals surface area contributed by atoms with Crippen molar-refractivity contribution in [1.82, 2.24) is 5.32 Å². The second-order valence-corrected chi connectivity index (χ2v) is 7.17. The number of hydrogen-bond donors (Lipinski definition) is 1. The lowest BCUT2D eigenvalue weighted by atomic mass is 10.0. The van der Waals surface area contributed by atoms with Gasteiger partial charge in [0.1, 0.15) is 11.4 Å². The molecular weight excluding hydrogens is 373 g/mol. The van der Waals surface area contributed by atoms with E-state index in [1.807, 2.05) is 26.0 Å². The second-order valence-electron chi connectivity index (χ2n) is 7.17. The van der Waals surface area contributed by atoms with Crippen molar-refractivity contribution >= 4 is 22.8 Å². The van der Waals surface area contributed by atoms with Gasteiger partial charge < -0.3 is 14.5 Å². The molecule has 1 N–H and O–H groups in total. The minimum atomic E-state index is -0.905. The lowest BCUT2D eigenvalue weighted by Gasteiger charge is -2.13. The van der Waals surface area contributed by atoms with Gasteiger partial charge in [-0.3, -0.25) is 9.59 Å². The fourth-order valence-electron chi connectivity index (χ4n) is 3.05. The van der Waals surface area contributed by atoms with E-state index in [4.69, 9.17) is 9.15 Å².